The Hall–Kier alpha value is -5.32. The van der Waals surface area contributed by atoms with Gasteiger partial charge in [0, 0.05) is 89.2 Å². The Morgan fingerprint density at radius 2 is 1.57 bits per heavy atom. The van der Waals surface area contributed by atoms with Crippen molar-refractivity contribution in [1.29, 1.82) is 0 Å². The quantitative estimate of drug-likeness (QED) is 0.128. The van der Waals surface area contributed by atoms with Crippen molar-refractivity contribution in [3.8, 4) is 0 Å². The van der Waals surface area contributed by atoms with Crippen LogP contribution in [0, 0.1) is 19.3 Å². The summed E-state index contributed by atoms with van der Waals surface area (Å²) in [5, 5.41) is 9.59. The molecule has 0 aliphatic carbocycles. The summed E-state index contributed by atoms with van der Waals surface area (Å²) in [5.74, 6) is 1.92. The highest BCUT2D eigenvalue weighted by atomic mass is 35.5. The van der Waals surface area contributed by atoms with Crippen LogP contribution in [0.3, 0.4) is 0 Å². The smallest absolute Gasteiger partial charge is 0.328 e. The highest BCUT2D eigenvalue weighted by molar-refractivity contribution is 7.17. The minimum atomic E-state index is -0.361. The molecule has 2 aromatic carbocycles. The Morgan fingerprint density at radius 1 is 0.852 bits per heavy atom. The number of unbranched alkanes of at least 4 members (excludes halogenated alkanes) is 1. The molecule has 6 heterocycles. The number of thiazole rings is 1. The van der Waals surface area contributed by atoms with E-state index in [-0.39, 0.29) is 23.8 Å². The number of aryl methyl sites for hydroxylation is 2. The van der Waals surface area contributed by atoms with Gasteiger partial charge in [-0.2, -0.15) is 0 Å². The van der Waals surface area contributed by atoms with Crippen molar-refractivity contribution in [3.05, 3.63) is 76.0 Å². The molecule has 0 unspecified atom stereocenters. The van der Waals surface area contributed by atoms with Crippen LogP contribution in [0.1, 0.15) is 72.4 Å². The van der Waals surface area contributed by atoms with Gasteiger partial charge in [-0.15, -0.1) is 0 Å². The fourth-order valence-electron chi connectivity index (χ4n) is 8.88. The van der Waals surface area contributed by atoms with Crippen LogP contribution in [0.4, 0.5) is 38.6 Å². The van der Waals surface area contributed by atoms with Crippen molar-refractivity contribution in [2.75, 3.05) is 90.8 Å². The number of anilines is 6. The lowest BCUT2D eigenvalue weighted by atomic mass is 9.71. The van der Waals surface area contributed by atoms with Crippen LogP contribution in [-0.4, -0.2) is 114 Å². The number of hydrogen-bond acceptors (Lipinski definition) is 12. The first-order valence-electron chi connectivity index (χ1n) is 21.4. The molecule has 4 fully saturated rings. The number of carbonyl (C=O) groups excluding carboxylic acids is 4. The molecular weight excluding hydrogens is 814 g/mol. The predicted octanol–water partition coefficient (Wildman–Crippen LogP) is 6.85. The van der Waals surface area contributed by atoms with Crippen molar-refractivity contribution >= 4 is 80.5 Å². The van der Waals surface area contributed by atoms with Gasteiger partial charge in [0.15, 0.2) is 5.13 Å². The zero-order valence-electron chi connectivity index (χ0n) is 34.9. The van der Waals surface area contributed by atoms with E-state index in [2.05, 4.69) is 57.7 Å². The first-order chi connectivity index (χ1) is 29.5. The number of imide groups is 1. The summed E-state index contributed by atoms with van der Waals surface area (Å²) in [5.41, 5.74) is 3.74. The monoisotopic (exact) mass is 867 g/mol. The molecule has 0 radical (unpaired) electrons. The summed E-state index contributed by atoms with van der Waals surface area (Å²) in [6, 6.07) is 15.1. The summed E-state index contributed by atoms with van der Waals surface area (Å²) in [4.78, 5) is 75.0. The van der Waals surface area contributed by atoms with E-state index >= 15 is 0 Å². The molecule has 0 atom stereocenters. The van der Waals surface area contributed by atoms with Crippen molar-refractivity contribution in [3.63, 3.8) is 0 Å². The molecule has 322 valence electrons. The maximum atomic E-state index is 13.2. The summed E-state index contributed by atoms with van der Waals surface area (Å²) in [7, 11) is 0. The topological polar surface area (TPSA) is 159 Å². The van der Waals surface area contributed by atoms with E-state index in [0.717, 1.165) is 120 Å². The Labute approximate surface area is 365 Å². The number of benzene rings is 2. The molecule has 2 aromatic heterocycles. The van der Waals surface area contributed by atoms with E-state index in [1.54, 1.807) is 17.2 Å². The molecular formula is C44H54ClN11O4S. The van der Waals surface area contributed by atoms with Crippen LogP contribution in [-0.2, 0) is 9.59 Å². The van der Waals surface area contributed by atoms with Gasteiger partial charge in [-0.3, -0.25) is 29.5 Å². The lowest BCUT2D eigenvalue weighted by molar-refractivity contribution is -0.134. The molecule has 4 aromatic rings. The molecule has 0 saturated carbocycles. The van der Waals surface area contributed by atoms with Crippen LogP contribution in [0.25, 0.3) is 0 Å². The van der Waals surface area contributed by atoms with Gasteiger partial charge in [-0.25, -0.2) is 19.7 Å². The Morgan fingerprint density at radius 3 is 2.30 bits per heavy atom. The molecule has 4 saturated heterocycles. The standard InChI is InChI=1S/C44H54ClN11O4S/c1-30-6-5-7-34(45)40(30)51-41(59)35-29-46-42(61-35)49-36-28-37(48-31(2)47-36)54-26-24-52(25-27-54)18-4-3-8-39(58)55-22-16-44(17-23-55)14-20-53(21-15-44)32-9-11-33(12-10-32)56-19-13-38(57)50-43(56)60/h5-7,9-12,28-29H,3-4,8,13-27H2,1-2H3,(H,51,59)(H,50,57,60)(H,46,47,48,49). The zero-order chi connectivity index (χ0) is 42.5. The number of likely N-dealkylation sites (tertiary alicyclic amines) is 1. The summed E-state index contributed by atoms with van der Waals surface area (Å²) in [6.45, 7) is 12.4. The minimum absolute atomic E-state index is 0.227. The molecule has 1 spiro atoms. The first-order valence-corrected chi connectivity index (χ1v) is 22.6. The fourth-order valence-corrected chi connectivity index (χ4v) is 9.87. The number of para-hydroxylation sites is 1. The second kappa shape index (κ2) is 18.7. The Balaban J connectivity index is 0.721. The zero-order valence-corrected chi connectivity index (χ0v) is 36.5. The van der Waals surface area contributed by atoms with Gasteiger partial charge in [0.2, 0.25) is 11.8 Å². The van der Waals surface area contributed by atoms with Crippen molar-refractivity contribution < 1.29 is 19.2 Å². The van der Waals surface area contributed by atoms with Gasteiger partial charge >= 0.3 is 6.03 Å². The number of piperidine rings is 2. The predicted molar refractivity (Wildman–Crippen MR) is 240 cm³/mol. The van der Waals surface area contributed by atoms with Gasteiger partial charge in [-0.1, -0.05) is 35.1 Å². The SMILES string of the molecule is Cc1nc(Nc2ncc(C(=O)Nc3c(C)cccc3Cl)s2)cc(N2CCN(CCCCC(=O)N3CCC4(CC3)CCN(c3ccc(N5CCC(=O)NC5=O)cc3)CC4)CC2)n1. The number of rotatable bonds is 12. The van der Waals surface area contributed by atoms with E-state index in [9.17, 15) is 19.2 Å². The third kappa shape index (κ3) is 10.2. The van der Waals surface area contributed by atoms with E-state index < -0.39 is 0 Å². The number of piperazine rings is 1. The minimum Gasteiger partial charge on any atom is -0.371 e. The maximum Gasteiger partial charge on any atom is 0.328 e. The van der Waals surface area contributed by atoms with E-state index in [1.165, 1.54) is 11.3 Å². The highest BCUT2D eigenvalue weighted by Gasteiger charge is 2.38. The van der Waals surface area contributed by atoms with Crippen LogP contribution < -0.4 is 30.7 Å². The third-order valence-corrected chi connectivity index (χ3v) is 13.9. The summed E-state index contributed by atoms with van der Waals surface area (Å²) in [6.07, 6.45) is 8.74. The molecule has 15 nitrogen and oxygen atoms in total. The number of aromatic nitrogens is 3. The van der Waals surface area contributed by atoms with E-state index in [0.29, 0.717) is 57.2 Å². The van der Waals surface area contributed by atoms with Gasteiger partial charge in [0.1, 0.15) is 22.3 Å². The fraction of sp³-hybridized carbons (Fsp3) is 0.477. The van der Waals surface area contributed by atoms with Crippen LogP contribution in [0.15, 0.2) is 54.7 Å². The number of hydrogen-bond donors (Lipinski definition) is 3. The molecule has 5 amide bonds. The molecule has 0 bridgehead atoms. The highest BCUT2D eigenvalue weighted by Crippen LogP contribution is 2.42. The number of amides is 5. The number of urea groups is 1. The summed E-state index contributed by atoms with van der Waals surface area (Å²) >= 11 is 7.55. The lowest BCUT2D eigenvalue weighted by Gasteiger charge is -2.47. The summed E-state index contributed by atoms with van der Waals surface area (Å²) < 4.78 is 0. The van der Waals surface area contributed by atoms with Gasteiger partial charge in [-0.05, 0) is 100 Å². The molecule has 17 heteroatoms. The third-order valence-electron chi connectivity index (χ3n) is 12.6. The molecule has 61 heavy (non-hydrogen) atoms. The Bertz CT molecular complexity index is 2210. The van der Waals surface area contributed by atoms with Gasteiger partial charge < -0.3 is 25.3 Å². The molecule has 4 aliphatic rings. The second-order valence-corrected chi connectivity index (χ2v) is 18.1. The van der Waals surface area contributed by atoms with E-state index in [1.807, 2.05) is 44.2 Å². The first kappa shape index (κ1) is 42.4. The van der Waals surface area contributed by atoms with Crippen molar-refractivity contribution in [1.82, 2.24) is 30.1 Å². The number of carbonyl (C=O) groups is 4. The number of nitrogens with one attached hydrogen (secondary N) is 3. The maximum absolute atomic E-state index is 13.2. The molecule has 3 N–H and O–H groups in total. The molecule has 8 rings (SSSR count). The van der Waals surface area contributed by atoms with Crippen LogP contribution in [0.2, 0.25) is 5.02 Å². The average molecular weight is 869 g/mol. The van der Waals surface area contributed by atoms with Gasteiger partial charge in [0.05, 0.1) is 16.9 Å². The van der Waals surface area contributed by atoms with Crippen LogP contribution in [0.5, 0.6) is 0 Å². The Kier molecular flexibility index (Phi) is 13.0. The van der Waals surface area contributed by atoms with Crippen molar-refractivity contribution in [2.45, 2.75) is 65.2 Å². The molecule has 4 aliphatic heterocycles. The van der Waals surface area contributed by atoms with Crippen molar-refractivity contribution in [2.24, 2.45) is 5.41 Å². The number of nitrogens with zero attached hydrogens (tertiary/aromatic N) is 8. The second-order valence-electron chi connectivity index (χ2n) is 16.6. The van der Waals surface area contributed by atoms with Crippen LogP contribution >= 0.6 is 22.9 Å². The number of halogens is 1. The average Bonchev–Trinajstić information content (AvgIpc) is 3.73. The van der Waals surface area contributed by atoms with E-state index in [4.69, 9.17) is 16.6 Å². The lowest BCUT2D eigenvalue weighted by Crippen LogP contribution is -2.49. The largest absolute Gasteiger partial charge is 0.371 e. The normalized spacial score (nSPS) is 18.3. The van der Waals surface area contributed by atoms with Gasteiger partial charge in [0.25, 0.3) is 5.91 Å².